The molecule has 3 aliphatic heterocycles. The number of anilines is 2. The van der Waals surface area contributed by atoms with Crippen LogP contribution in [0.15, 0.2) is 49.6 Å². The number of allylic oxidation sites excluding steroid dienone is 1. The number of benzene rings is 1. The molecular weight excluding hydrogens is 550 g/mol. The van der Waals surface area contributed by atoms with Gasteiger partial charge in [0.2, 0.25) is 5.91 Å². The molecule has 1 aromatic rings. The molecular formula is C33H47N3O5S. The first-order valence-electron chi connectivity index (χ1n) is 15.4. The maximum Gasteiger partial charge on any atom is 0.311 e. The topological polar surface area (TPSA) is 90.4 Å². The van der Waals surface area contributed by atoms with Crippen molar-refractivity contribution in [3.63, 3.8) is 0 Å². The lowest BCUT2D eigenvalue weighted by Crippen LogP contribution is -2.55. The summed E-state index contributed by atoms with van der Waals surface area (Å²) in [5, 5.41) is 9.66. The summed E-state index contributed by atoms with van der Waals surface area (Å²) < 4.78 is 4.54. The van der Waals surface area contributed by atoms with E-state index in [0.717, 1.165) is 50.1 Å². The molecule has 3 saturated heterocycles. The monoisotopic (exact) mass is 597 g/mol. The summed E-state index contributed by atoms with van der Waals surface area (Å²) in [4.78, 5) is 48.0. The first kappa shape index (κ1) is 32.1. The molecule has 2 bridgehead atoms. The molecule has 2 unspecified atom stereocenters. The van der Waals surface area contributed by atoms with Gasteiger partial charge in [0.05, 0.1) is 23.2 Å². The molecule has 0 aromatic heterocycles. The smallest absolute Gasteiger partial charge is 0.311 e. The van der Waals surface area contributed by atoms with Crippen molar-refractivity contribution in [2.24, 2.45) is 11.8 Å². The minimum atomic E-state index is -0.749. The van der Waals surface area contributed by atoms with Crippen molar-refractivity contribution in [3.8, 4) is 0 Å². The highest BCUT2D eigenvalue weighted by atomic mass is 32.2. The van der Waals surface area contributed by atoms with Crippen LogP contribution in [0.5, 0.6) is 0 Å². The number of esters is 1. The number of thioether (sulfide) groups is 1. The number of aliphatic hydroxyl groups is 1. The number of ether oxygens (including phenoxy) is 1. The third kappa shape index (κ3) is 5.74. The predicted molar refractivity (Wildman–Crippen MR) is 170 cm³/mol. The number of hydrogen-bond donors (Lipinski definition) is 1. The molecule has 1 aromatic carbocycles. The van der Waals surface area contributed by atoms with Crippen LogP contribution in [0.25, 0.3) is 0 Å². The van der Waals surface area contributed by atoms with Gasteiger partial charge in [0.1, 0.15) is 6.04 Å². The van der Waals surface area contributed by atoms with Gasteiger partial charge in [-0.2, -0.15) is 0 Å². The molecule has 9 heteroatoms. The van der Waals surface area contributed by atoms with Crippen LogP contribution in [0.1, 0.15) is 59.3 Å². The molecule has 4 rings (SSSR count). The van der Waals surface area contributed by atoms with Crippen molar-refractivity contribution in [3.05, 3.63) is 49.6 Å². The Bertz CT molecular complexity index is 1150. The van der Waals surface area contributed by atoms with E-state index >= 15 is 0 Å². The van der Waals surface area contributed by atoms with E-state index < -0.39 is 27.4 Å². The zero-order valence-corrected chi connectivity index (χ0v) is 26.2. The number of nitrogens with zero attached hydrogens (tertiary/aromatic N) is 3. The van der Waals surface area contributed by atoms with Crippen LogP contribution in [0.4, 0.5) is 11.4 Å². The highest BCUT2D eigenvalue weighted by Crippen LogP contribution is 2.71. The summed E-state index contributed by atoms with van der Waals surface area (Å²) >= 11 is 1.64. The minimum Gasteiger partial charge on any atom is -0.465 e. The molecule has 3 aliphatic rings. The lowest BCUT2D eigenvalue weighted by Gasteiger charge is -2.37. The summed E-state index contributed by atoms with van der Waals surface area (Å²) in [5.74, 6) is -1.94. The van der Waals surface area contributed by atoms with Crippen LogP contribution in [0.3, 0.4) is 0 Å². The standard InChI is InChI=1S/C33H47N3O5S/c1-6-10-11-12-23-41-31(40)27-26-29(38)36(21-13-22-37)28(33(26)19-18-32(27,5)42-33)30(39)35(20-7-2)25-16-14-24(15-17-25)34(8-3)9-4/h6-7,14-17,26-28,37H,1-2,8-13,18-23H2,3-5H3/t26-,27-,28?,32+,33?/m0/s1. The average Bonchev–Trinajstić information content (AvgIpc) is 3.55. The van der Waals surface area contributed by atoms with E-state index in [4.69, 9.17) is 4.74 Å². The van der Waals surface area contributed by atoms with Crippen molar-refractivity contribution in [2.75, 3.05) is 49.2 Å². The zero-order valence-electron chi connectivity index (χ0n) is 25.4. The van der Waals surface area contributed by atoms with E-state index in [9.17, 15) is 19.5 Å². The summed E-state index contributed by atoms with van der Waals surface area (Å²) in [6.45, 7) is 16.5. The van der Waals surface area contributed by atoms with E-state index in [2.05, 4.69) is 38.8 Å². The van der Waals surface area contributed by atoms with Gasteiger partial charge in [-0.05, 0) is 83.6 Å². The number of unbranched alkanes of at least 4 members (excludes halogenated alkanes) is 2. The van der Waals surface area contributed by atoms with Crippen molar-refractivity contribution in [1.29, 1.82) is 0 Å². The van der Waals surface area contributed by atoms with Gasteiger partial charge < -0.3 is 24.5 Å². The van der Waals surface area contributed by atoms with Crippen LogP contribution in [-0.2, 0) is 19.1 Å². The summed E-state index contributed by atoms with van der Waals surface area (Å²) in [6.07, 6.45) is 7.81. The fourth-order valence-corrected chi connectivity index (χ4v) is 9.57. The number of carbonyl (C=O) groups excluding carboxylic acids is 3. The third-order valence-electron chi connectivity index (χ3n) is 9.24. The van der Waals surface area contributed by atoms with Crippen molar-refractivity contribution in [2.45, 2.75) is 74.8 Å². The van der Waals surface area contributed by atoms with Crippen LogP contribution >= 0.6 is 11.8 Å². The highest BCUT2D eigenvalue weighted by molar-refractivity contribution is 8.02. The van der Waals surface area contributed by atoms with Gasteiger partial charge in [-0.25, -0.2) is 0 Å². The van der Waals surface area contributed by atoms with Crippen LogP contribution in [0.2, 0.25) is 0 Å². The number of likely N-dealkylation sites (tertiary alicyclic amines) is 1. The predicted octanol–water partition coefficient (Wildman–Crippen LogP) is 4.82. The Morgan fingerprint density at radius 3 is 2.40 bits per heavy atom. The Hall–Kier alpha value is -2.78. The third-order valence-corrected chi connectivity index (χ3v) is 11.2. The molecule has 1 spiro atoms. The Labute approximate surface area is 255 Å². The van der Waals surface area contributed by atoms with Crippen LogP contribution in [0, 0.1) is 11.8 Å². The normalized spacial score (nSPS) is 27.6. The lowest BCUT2D eigenvalue weighted by molar-refractivity contribution is -0.155. The van der Waals surface area contributed by atoms with Crippen molar-refractivity contribution in [1.82, 2.24) is 4.90 Å². The molecule has 1 N–H and O–H groups in total. The highest BCUT2D eigenvalue weighted by Gasteiger charge is 2.77. The second kappa shape index (κ2) is 13.7. The van der Waals surface area contributed by atoms with Gasteiger partial charge in [-0.15, -0.1) is 24.9 Å². The van der Waals surface area contributed by atoms with Gasteiger partial charge in [0.15, 0.2) is 0 Å². The SMILES string of the molecule is C=CCCCCOC(=O)[C@@H]1[C@H]2C(=O)N(CCCO)C(C(=O)N(CC=C)c3ccc(N(CC)CC)cc3)C23CC[C@@]1(C)S3. The first-order chi connectivity index (χ1) is 20.2. The van der Waals surface area contributed by atoms with Gasteiger partial charge >= 0.3 is 5.97 Å². The molecule has 5 atom stereocenters. The van der Waals surface area contributed by atoms with Gasteiger partial charge in [-0.1, -0.05) is 12.2 Å². The first-order valence-corrected chi connectivity index (χ1v) is 16.2. The Morgan fingerprint density at radius 2 is 1.79 bits per heavy atom. The quantitative estimate of drug-likeness (QED) is 0.166. The molecule has 0 aliphatic carbocycles. The van der Waals surface area contributed by atoms with E-state index in [1.807, 2.05) is 30.3 Å². The van der Waals surface area contributed by atoms with E-state index in [-0.39, 0.29) is 30.9 Å². The zero-order chi connectivity index (χ0) is 30.5. The maximum absolute atomic E-state index is 14.6. The molecule has 0 saturated carbocycles. The molecule has 3 heterocycles. The Kier molecular flexibility index (Phi) is 10.5. The summed E-state index contributed by atoms with van der Waals surface area (Å²) in [7, 11) is 0. The number of amides is 2. The summed E-state index contributed by atoms with van der Waals surface area (Å²) in [5.41, 5.74) is 1.82. The van der Waals surface area contributed by atoms with E-state index in [1.165, 1.54) is 0 Å². The fraction of sp³-hybridized carbons (Fsp3) is 0.606. The number of fused-ring (bicyclic) bond motifs is 1. The molecule has 8 nitrogen and oxygen atoms in total. The van der Waals surface area contributed by atoms with Crippen LogP contribution < -0.4 is 9.80 Å². The molecule has 0 radical (unpaired) electrons. The Balaban J connectivity index is 1.67. The van der Waals surface area contributed by atoms with Crippen molar-refractivity contribution >= 4 is 40.9 Å². The number of rotatable bonds is 16. The van der Waals surface area contributed by atoms with Gasteiger partial charge in [-0.3, -0.25) is 14.4 Å². The second-order valence-corrected chi connectivity index (χ2v) is 13.6. The molecule has 230 valence electrons. The lowest BCUT2D eigenvalue weighted by atomic mass is 9.66. The second-order valence-electron chi connectivity index (χ2n) is 11.7. The maximum atomic E-state index is 14.6. The average molecular weight is 598 g/mol. The Morgan fingerprint density at radius 1 is 1.10 bits per heavy atom. The molecule has 2 amide bonds. The van der Waals surface area contributed by atoms with E-state index in [1.54, 1.807) is 27.6 Å². The van der Waals surface area contributed by atoms with Crippen LogP contribution in [-0.4, -0.2) is 82.7 Å². The minimum absolute atomic E-state index is 0.0907. The molecule has 42 heavy (non-hydrogen) atoms. The number of aliphatic hydroxyl groups excluding tert-OH is 1. The van der Waals surface area contributed by atoms with E-state index in [0.29, 0.717) is 26.0 Å². The fourth-order valence-electron chi connectivity index (χ4n) is 7.23. The number of carbonyl (C=O) groups is 3. The van der Waals surface area contributed by atoms with Gasteiger partial charge in [0.25, 0.3) is 5.91 Å². The van der Waals surface area contributed by atoms with Crippen molar-refractivity contribution < 1.29 is 24.2 Å². The largest absolute Gasteiger partial charge is 0.465 e. The number of hydrogen-bond acceptors (Lipinski definition) is 7. The summed E-state index contributed by atoms with van der Waals surface area (Å²) in [6, 6.07) is 7.20. The van der Waals surface area contributed by atoms with Gasteiger partial charge in [0, 0.05) is 48.9 Å². The molecule has 3 fully saturated rings.